The van der Waals surface area contributed by atoms with Gasteiger partial charge >= 0.3 is 11.9 Å². The third-order valence-corrected chi connectivity index (χ3v) is 8.30. The highest BCUT2D eigenvalue weighted by Gasteiger charge is 2.63. The van der Waals surface area contributed by atoms with Gasteiger partial charge in [0.15, 0.2) is 0 Å². The number of carbonyl (C=O) groups is 2. The van der Waals surface area contributed by atoms with E-state index in [-0.39, 0.29) is 43.3 Å². The molecule has 0 spiro atoms. The van der Waals surface area contributed by atoms with E-state index in [1.807, 2.05) is 18.2 Å². The number of esters is 2. The average Bonchev–Trinajstić information content (AvgIpc) is 3.30. The Morgan fingerprint density at radius 3 is 2.37 bits per heavy atom. The normalized spacial score (nSPS) is 48.1. The first-order valence-electron chi connectivity index (χ1n) is 13.8. The second kappa shape index (κ2) is 12.1. The summed E-state index contributed by atoms with van der Waals surface area (Å²) < 4.78 is 23.0. The third kappa shape index (κ3) is 6.48. The zero-order valence-corrected chi connectivity index (χ0v) is 22.3. The molecule has 0 aromatic heterocycles. The van der Waals surface area contributed by atoms with Crippen LogP contribution in [0.3, 0.4) is 0 Å². The van der Waals surface area contributed by atoms with E-state index in [0.29, 0.717) is 25.7 Å². The topological polar surface area (TPSA) is 152 Å². The number of fused-ring (bicyclic) bond motifs is 6. The first kappa shape index (κ1) is 29.2. The fourth-order valence-electron chi connectivity index (χ4n) is 6.24. The molecule has 3 saturated heterocycles. The van der Waals surface area contributed by atoms with Gasteiger partial charge in [0.25, 0.3) is 0 Å². The van der Waals surface area contributed by atoms with Crippen molar-refractivity contribution in [2.24, 2.45) is 11.8 Å². The quantitative estimate of drug-likeness (QED) is 0.360. The van der Waals surface area contributed by atoms with Gasteiger partial charge in [-0.25, -0.2) is 4.79 Å². The van der Waals surface area contributed by atoms with Gasteiger partial charge in [0, 0.05) is 19.8 Å². The highest BCUT2D eigenvalue weighted by molar-refractivity contribution is 5.84. The standard InChI is InChI=1S/C28H42O10/c1-15-7-5-4-6-8-22-16(2)10-23(37-22)21(31)14-24-26(32)28(34,27(33)38-24)25(35-17(3)29)13-20-12-18(30)11-19(9-15)36-20/h4-7,15-16,18-26,30-32,34H,8-14H2,1-3H3/b6-4-,7-5+/t15-,16+,18-,19+,20+,21+,22+,23+,24+,25-,26-,28-/m0/s1. The molecule has 10 nitrogen and oxygen atoms in total. The van der Waals surface area contributed by atoms with E-state index in [0.717, 1.165) is 6.92 Å². The van der Waals surface area contributed by atoms with Gasteiger partial charge in [-0.1, -0.05) is 38.2 Å². The monoisotopic (exact) mass is 538 g/mol. The molecule has 4 N–H and O–H groups in total. The Bertz CT molecular complexity index is 904. The number of hydrogen-bond donors (Lipinski definition) is 4. The van der Waals surface area contributed by atoms with Gasteiger partial charge in [-0.3, -0.25) is 4.79 Å². The first-order valence-corrected chi connectivity index (χ1v) is 13.8. The molecule has 0 amide bonds. The summed E-state index contributed by atoms with van der Waals surface area (Å²) in [5.41, 5.74) is -2.55. The van der Waals surface area contributed by atoms with E-state index in [1.54, 1.807) is 0 Å². The summed E-state index contributed by atoms with van der Waals surface area (Å²) in [5.74, 6) is -1.53. The molecule has 0 aromatic carbocycles. The summed E-state index contributed by atoms with van der Waals surface area (Å²) in [7, 11) is 0. The van der Waals surface area contributed by atoms with Crippen molar-refractivity contribution >= 4 is 11.9 Å². The van der Waals surface area contributed by atoms with Crippen molar-refractivity contribution in [1.29, 1.82) is 0 Å². The van der Waals surface area contributed by atoms with Gasteiger partial charge in [0.1, 0.15) is 18.3 Å². The lowest BCUT2D eigenvalue weighted by Gasteiger charge is -2.38. The Morgan fingerprint density at radius 2 is 1.66 bits per heavy atom. The molecule has 0 saturated carbocycles. The lowest BCUT2D eigenvalue weighted by atomic mass is 9.83. The van der Waals surface area contributed by atoms with Crippen molar-refractivity contribution in [3.8, 4) is 0 Å². The summed E-state index contributed by atoms with van der Waals surface area (Å²) in [6.07, 6.45) is 2.72. The molecule has 3 fully saturated rings. The minimum atomic E-state index is -2.55. The Labute approximate surface area is 223 Å². The van der Waals surface area contributed by atoms with E-state index in [4.69, 9.17) is 18.9 Å². The van der Waals surface area contributed by atoms with Crippen LogP contribution in [0.4, 0.5) is 0 Å². The average molecular weight is 539 g/mol. The van der Waals surface area contributed by atoms with Gasteiger partial charge in [0.05, 0.1) is 36.6 Å². The van der Waals surface area contributed by atoms with Crippen LogP contribution in [0, 0.1) is 11.8 Å². The molecule has 4 rings (SSSR count). The molecular weight excluding hydrogens is 496 g/mol. The summed E-state index contributed by atoms with van der Waals surface area (Å²) in [5, 5.41) is 44.0. The third-order valence-electron chi connectivity index (χ3n) is 8.30. The second-order valence-electron chi connectivity index (χ2n) is 11.5. The van der Waals surface area contributed by atoms with Crippen LogP contribution in [0.15, 0.2) is 24.3 Å². The fraction of sp³-hybridized carbons (Fsp3) is 0.786. The smallest absolute Gasteiger partial charge is 0.345 e. The van der Waals surface area contributed by atoms with Crippen molar-refractivity contribution in [2.45, 2.75) is 126 Å². The minimum absolute atomic E-state index is 0.0855. The number of rotatable bonds is 1. The number of allylic oxidation sites excluding steroid dienone is 3. The number of aliphatic hydroxyl groups excluding tert-OH is 3. The van der Waals surface area contributed by atoms with Crippen LogP contribution >= 0.6 is 0 Å². The van der Waals surface area contributed by atoms with E-state index in [2.05, 4.69) is 19.9 Å². The van der Waals surface area contributed by atoms with Gasteiger partial charge in [-0.2, -0.15) is 0 Å². The van der Waals surface area contributed by atoms with E-state index in [9.17, 15) is 30.0 Å². The Kier molecular flexibility index (Phi) is 9.32. The highest BCUT2D eigenvalue weighted by atomic mass is 16.6. The van der Waals surface area contributed by atoms with Crippen molar-refractivity contribution in [3.63, 3.8) is 0 Å². The highest BCUT2D eigenvalue weighted by Crippen LogP contribution is 2.39. The maximum atomic E-state index is 13.0. The molecule has 0 aromatic rings. The van der Waals surface area contributed by atoms with Crippen LogP contribution < -0.4 is 0 Å². The lowest BCUT2D eigenvalue weighted by molar-refractivity contribution is -0.193. The summed E-state index contributed by atoms with van der Waals surface area (Å²) in [6, 6.07) is 0. The fourth-order valence-corrected chi connectivity index (χ4v) is 6.24. The van der Waals surface area contributed by atoms with E-state index >= 15 is 0 Å². The van der Waals surface area contributed by atoms with Crippen LogP contribution in [0.5, 0.6) is 0 Å². The largest absolute Gasteiger partial charge is 0.459 e. The molecular formula is C28H42O10. The van der Waals surface area contributed by atoms with Gasteiger partial charge in [-0.15, -0.1) is 0 Å². The van der Waals surface area contributed by atoms with Crippen LogP contribution in [0.2, 0.25) is 0 Å². The minimum Gasteiger partial charge on any atom is -0.459 e. The van der Waals surface area contributed by atoms with Crippen molar-refractivity contribution < 1.29 is 49.0 Å². The molecule has 38 heavy (non-hydrogen) atoms. The zero-order valence-electron chi connectivity index (χ0n) is 22.3. The summed E-state index contributed by atoms with van der Waals surface area (Å²) >= 11 is 0. The van der Waals surface area contributed by atoms with Crippen LogP contribution in [0.1, 0.15) is 65.7 Å². The van der Waals surface area contributed by atoms with E-state index < -0.39 is 60.3 Å². The molecule has 214 valence electrons. The predicted molar refractivity (Wildman–Crippen MR) is 135 cm³/mol. The summed E-state index contributed by atoms with van der Waals surface area (Å²) in [6.45, 7) is 5.25. The number of aliphatic hydroxyl groups is 4. The maximum absolute atomic E-state index is 13.0. The molecule has 4 aliphatic rings. The summed E-state index contributed by atoms with van der Waals surface area (Å²) in [4.78, 5) is 24.9. The van der Waals surface area contributed by atoms with Gasteiger partial charge < -0.3 is 39.4 Å². The van der Waals surface area contributed by atoms with E-state index in [1.165, 1.54) is 0 Å². The molecule has 12 atom stereocenters. The molecule has 0 aliphatic carbocycles. The lowest BCUT2D eigenvalue weighted by Crippen LogP contribution is -2.58. The molecule has 10 heteroatoms. The van der Waals surface area contributed by atoms with Crippen LogP contribution in [-0.4, -0.2) is 92.9 Å². The van der Waals surface area contributed by atoms with Crippen molar-refractivity contribution in [1.82, 2.24) is 0 Å². The molecule has 6 bridgehead atoms. The van der Waals surface area contributed by atoms with Gasteiger partial charge in [0.2, 0.25) is 5.60 Å². The predicted octanol–water partition coefficient (Wildman–Crippen LogP) is 1.32. The van der Waals surface area contributed by atoms with Crippen LogP contribution in [-0.2, 0) is 28.5 Å². The number of carbonyl (C=O) groups excluding carboxylic acids is 2. The maximum Gasteiger partial charge on any atom is 0.345 e. The zero-order chi connectivity index (χ0) is 27.6. The van der Waals surface area contributed by atoms with Crippen molar-refractivity contribution in [2.75, 3.05) is 0 Å². The van der Waals surface area contributed by atoms with Gasteiger partial charge in [-0.05, 0) is 43.9 Å². The Hall–Kier alpha value is -1.82. The molecule has 0 unspecified atom stereocenters. The SMILES string of the molecule is CC(=O)O[C@H]1C[C@H]2C[C@@H](O)C[C@@H](C[C@@H](C)/C=C/C=C\C[C@H]3O[C@H](C[C@H]3C)[C@H](O)C[C@H]3OC(=O)[C@@]1(O)[C@H]3O)O2. The molecule has 4 heterocycles. The number of hydrogen-bond acceptors (Lipinski definition) is 10. The Morgan fingerprint density at radius 1 is 0.947 bits per heavy atom. The Balaban J connectivity index is 1.61. The molecule has 0 radical (unpaired) electrons. The second-order valence-corrected chi connectivity index (χ2v) is 11.5. The molecule has 4 aliphatic heterocycles. The van der Waals surface area contributed by atoms with Crippen molar-refractivity contribution in [3.05, 3.63) is 24.3 Å². The van der Waals surface area contributed by atoms with Crippen LogP contribution in [0.25, 0.3) is 0 Å². The number of ether oxygens (including phenoxy) is 4. The first-order chi connectivity index (χ1) is 18.0.